The van der Waals surface area contributed by atoms with Crippen LogP contribution in [0.4, 0.5) is 11.4 Å². The summed E-state index contributed by atoms with van der Waals surface area (Å²) in [7, 11) is 1.55. The maximum atomic E-state index is 12.4. The number of aromatic nitrogens is 1. The Hall–Kier alpha value is -4.40. The van der Waals surface area contributed by atoms with Crippen molar-refractivity contribution >= 4 is 29.7 Å². The molecule has 1 unspecified atom stereocenters. The van der Waals surface area contributed by atoms with Gasteiger partial charge in [0.05, 0.1) is 12.7 Å². The van der Waals surface area contributed by atoms with Crippen LogP contribution in [0.15, 0.2) is 60.9 Å². The third-order valence-electron chi connectivity index (χ3n) is 4.86. The third-order valence-corrected chi connectivity index (χ3v) is 4.86. The maximum absolute atomic E-state index is 12.4. The van der Waals surface area contributed by atoms with E-state index >= 15 is 0 Å². The molecule has 0 fully saturated rings. The van der Waals surface area contributed by atoms with Crippen molar-refractivity contribution in [3.8, 4) is 11.5 Å². The number of phenols is 1. The molecule has 9 heteroatoms. The first kappa shape index (κ1) is 22.3. The molecule has 4 N–H and O–H groups in total. The van der Waals surface area contributed by atoms with Gasteiger partial charge in [0.2, 0.25) is 5.91 Å². The van der Waals surface area contributed by atoms with Gasteiger partial charge < -0.3 is 25.6 Å². The van der Waals surface area contributed by atoms with Crippen LogP contribution in [-0.2, 0) is 9.59 Å². The number of carbonyl (C=O) groups excluding carboxylic acids is 2. The van der Waals surface area contributed by atoms with E-state index in [1.807, 2.05) is 6.07 Å². The second-order valence-electron chi connectivity index (χ2n) is 6.83. The van der Waals surface area contributed by atoms with Gasteiger partial charge in [0.15, 0.2) is 0 Å². The molecule has 0 radical (unpaired) electrons. The zero-order valence-electron chi connectivity index (χ0n) is 17.1. The molecule has 0 spiro atoms. The van der Waals surface area contributed by atoms with Crippen molar-refractivity contribution in [3.63, 3.8) is 0 Å². The molecule has 32 heavy (non-hydrogen) atoms. The van der Waals surface area contributed by atoms with Gasteiger partial charge in [0, 0.05) is 41.7 Å². The SMILES string of the molecule is COc1ccc(O)cc1C1CC(=O)Nc2cc(NC(=O)c3cccnc3)ccc21.O=CO. The number of pyridine rings is 1. The van der Waals surface area contributed by atoms with Crippen molar-refractivity contribution in [2.45, 2.75) is 12.3 Å². The van der Waals surface area contributed by atoms with Gasteiger partial charge in [-0.2, -0.15) is 0 Å². The number of carboxylic acid groups (broad SMARTS) is 1. The highest BCUT2D eigenvalue weighted by molar-refractivity contribution is 6.05. The van der Waals surface area contributed by atoms with E-state index in [4.69, 9.17) is 14.6 Å². The van der Waals surface area contributed by atoms with Gasteiger partial charge in [0.25, 0.3) is 12.4 Å². The highest BCUT2D eigenvalue weighted by Crippen LogP contribution is 2.42. The number of ether oxygens (including phenoxy) is 1. The van der Waals surface area contributed by atoms with Crippen LogP contribution in [0.2, 0.25) is 0 Å². The molecule has 2 heterocycles. The minimum absolute atomic E-state index is 0.105. The molecule has 4 rings (SSSR count). The molecule has 1 aliphatic heterocycles. The first-order valence-electron chi connectivity index (χ1n) is 9.56. The Morgan fingerprint density at radius 1 is 1.22 bits per heavy atom. The number of rotatable bonds is 4. The molecular weight excluding hydrogens is 414 g/mol. The van der Waals surface area contributed by atoms with E-state index < -0.39 is 0 Å². The predicted octanol–water partition coefficient (Wildman–Crippen LogP) is 3.22. The number of hydrogen-bond acceptors (Lipinski definition) is 6. The van der Waals surface area contributed by atoms with Crippen LogP contribution in [-0.4, -0.2) is 40.6 Å². The molecule has 0 saturated carbocycles. The van der Waals surface area contributed by atoms with Crippen LogP contribution in [0, 0.1) is 0 Å². The number of carbonyl (C=O) groups is 3. The van der Waals surface area contributed by atoms with Gasteiger partial charge in [-0.25, -0.2) is 0 Å². The van der Waals surface area contributed by atoms with E-state index in [0.29, 0.717) is 22.7 Å². The van der Waals surface area contributed by atoms with Gasteiger partial charge in [-0.1, -0.05) is 6.07 Å². The standard InChI is InChI=1S/C22H19N3O4.CH2O2/c1-29-20-7-5-15(26)10-18(20)17-11-21(27)25-19-9-14(4-6-16(17)19)24-22(28)13-3-2-8-23-12-13;2-1-3/h2-10,12,17,26H,11H2,1H3,(H,24,28)(H,25,27);1H,(H,2,3). The number of amides is 2. The highest BCUT2D eigenvalue weighted by atomic mass is 16.5. The number of aromatic hydroxyl groups is 1. The average molecular weight is 435 g/mol. The fourth-order valence-corrected chi connectivity index (χ4v) is 3.51. The number of nitrogens with one attached hydrogen (secondary N) is 2. The minimum atomic E-state index is -0.286. The molecule has 0 bridgehead atoms. The van der Waals surface area contributed by atoms with E-state index in [0.717, 1.165) is 11.1 Å². The van der Waals surface area contributed by atoms with Crippen LogP contribution in [0.25, 0.3) is 0 Å². The Bertz CT molecular complexity index is 1130. The molecule has 1 aliphatic rings. The number of methoxy groups -OCH3 is 1. The highest BCUT2D eigenvalue weighted by Gasteiger charge is 2.29. The van der Waals surface area contributed by atoms with Crippen molar-refractivity contribution < 1.29 is 29.3 Å². The van der Waals surface area contributed by atoms with Crippen LogP contribution in [0.5, 0.6) is 11.5 Å². The van der Waals surface area contributed by atoms with Crippen LogP contribution in [0.3, 0.4) is 0 Å². The molecular formula is C23H21N3O6. The predicted molar refractivity (Wildman–Crippen MR) is 117 cm³/mol. The van der Waals surface area contributed by atoms with Crippen LogP contribution in [0.1, 0.15) is 33.8 Å². The summed E-state index contributed by atoms with van der Waals surface area (Å²) in [5, 5.41) is 22.5. The van der Waals surface area contributed by atoms with Crippen molar-refractivity contribution in [1.29, 1.82) is 0 Å². The number of anilines is 2. The van der Waals surface area contributed by atoms with E-state index in [1.165, 1.54) is 6.20 Å². The molecule has 9 nitrogen and oxygen atoms in total. The monoisotopic (exact) mass is 435 g/mol. The van der Waals surface area contributed by atoms with Gasteiger partial charge in [0.1, 0.15) is 11.5 Å². The van der Waals surface area contributed by atoms with Crippen LogP contribution < -0.4 is 15.4 Å². The topological polar surface area (TPSA) is 138 Å². The molecule has 3 aromatic rings. The lowest BCUT2D eigenvalue weighted by molar-refractivity contribution is -0.123. The zero-order valence-corrected chi connectivity index (χ0v) is 17.1. The largest absolute Gasteiger partial charge is 0.508 e. The van der Waals surface area contributed by atoms with Crippen LogP contribution >= 0.6 is 0 Å². The minimum Gasteiger partial charge on any atom is -0.508 e. The first-order chi connectivity index (χ1) is 15.5. The number of nitrogens with zero attached hydrogens (tertiary/aromatic N) is 1. The van der Waals surface area contributed by atoms with Gasteiger partial charge in [-0.15, -0.1) is 0 Å². The second kappa shape index (κ2) is 10.1. The first-order valence-corrected chi connectivity index (χ1v) is 9.56. The molecule has 1 atom stereocenters. The number of hydrogen-bond donors (Lipinski definition) is 4. The van der Waals surface area contributed by atoms with E-state index in [2.05, 4.69) is 15.6 Å². The van der Waals surface area contributed by atoms with Gasteiger partial charge >= 0.3 is 0 Å². The Morgan fingerprint density at radius 2 is 2.00 bits per heavy atom. The summed E-state index contributed by atoms with van der Waals surface area (Å²) in [4.78, 5) is 37.0. The normalized spacial score (nSPS) is 14.2. The average Bonchev–Trinajstić information content (AvgIpc) is 2.79. The Kier molecular flexibility index (Phi) is 7.02. The molecule has 0 saturated heterocycles. The molecule has 1 aromatic heterocycles. The maximum Gasteiger partial charge on any atom is 0.290 e. The lowest BCUT2D eigenvalue weighted by atomic mass is 9.84. The van der Waals surface area contributed by atoms with Crippen molar-refractivity contribution in [1.82, 2.24) is 4.98 Å². The summed E-state index contributed by atoms with van der Waals surface area (Å²) in [6, 6.07) is 13.6. The summed E-state index contributed by atoms with van der Waals surface area (Å²) >= 11 is 0. The Labute approximate surface area is 183 Å². The fraction of sp³-hybridized carbons (Fsp3) is 0.130. The quantitative estimate of drug-likeness (QED) is 0.462. The number of fused-ring (bicyclic) bond motifs is 1. The van der Waals surface area contributed by atoms with Crippen molar-refractivity contribution in [3.05, 3.63) is 77.6 Å². The zero-order chi connectivity index (χ0) is 23.1. The Morgan fingerprint density at radius 3 is 2.69 bits per heavy atom. The molecule has 2 amide bonds. The number of benzene rings is 2. The number of phenolic OH excluding ortho intramolecular Hbond substituents is 1. The lowest BCUT2D eigenvalue weighted by Gasteiger charge is -2.27. The second-order valence-corrected chi connectivity index (χ2v) is 6.83. The van der Waals surface area contributed by atoms with Crippen molar-refractivity contribution in [2.24, 2.45) is 0 Å². The summed E-state index contributed by atoms with van der Waals surface area (Å²) in [5.74, 6) is -0.00464. The van der Waals surface area contributed by atoms with Gasteiger partial charge in [-0.3, -0.25) is 19.4 Å². The van der Waals surface area contributed by atoms with E-state index in [1.54, 1.807) is 55.8 Å². The lowest BCUT2D eigenvalue weighted by Crippen LogP contribution is -2.24. The Balaban J connectivity index is 0.000000913. The summed E-state index contributed by atoms with van der Waals surface area (Å²) in [6.45, 7) is -0.250. The summed E-state index contributed by atoms with van der Waals surface area (Å²) < 4.78 is 5.42. The van der Waals surface area contributed by atoms with Gasteiger partial charge in [-0.05, 0) is 48.0 Å². The smallest absolute Gasteiger partial charge is 0.290 e. The summed E-state index contributed by atoms with van der Waals surface area (Å²) in [5.41, 5.74) is 3.22. The van der Waals surface area contributed by atoms with E-state index in [-0.39, 0.29) is 36.4 Å². The molecule has 2 aromatic carbocycles. The summed E-state index contributed by atoms with van der Waals surface area (Å²) in [6.07, 6.45) is 3.31. The van der Waals surface area contributed by atoms with E-state index in [9.17, 15) is 14.7 Å². The molecule has 0 aliphatic carbocycles. The third kappa shape index (κ3) is 5.01. The molecule has 164 valence electrons. The fourth-order valence-electron chi connectivity index (χ4n) is 3.51. The van der Waals surface area contributed by atoms with Crippen molar-refractivity contribution in [2.75, 3.05) is 17.7 Å².